The minimum Gasteiger partial charge on any atom is -0.468 e. The molecule has 1 aromatic heterocycles. The number of furan rings is 1. The summed E-state index contributed by atoms with van der Waals surface area (Å²) in [4.78, 5) is 29.6. The van der Waals surface area contributed by atoms with Crippen LogP contribution in [0, 0.1) is 0 Å². The number of carbonyl (C=O) groups is 2. The SMILES string of the molecule is O=C(NC[C@H](c1ccco1)N1CCN(c2ccccc2)CC1)C(=O)NC1CCCCCC1. The normalized spacial score (nSPS) is 19.2. The molecule has 7 heteroatoms. The van der Waals surface area contributed by atoms with Crippen molar-refractivity contribution in [2.45, 2.75) is 50.6 Å². The zero-order valence-corrected chi connectivity index (χ0v) is 18.7. The van der Waals surface area contributed by atoms with Crippen LogP contribution in [0.3, 0.4) is 0 Å². The molecule has 2 aliphatic rings. The summed E-state index contributed by atoms with van der Waals surface area (Å²) in [7, 11) is 0. The number of para-hydroxylation sites is 1. The van der Waals surface area contributed by atoms with Gasteiger partial charge in [0.25, 0.3) is 0 Å². The molecule has 1 aliphatic carbocycles. The van der Waals surface area contributed by atoms with E-state index in [4.69, 9.17) is 4.42 Å². The maximum absolute atomic E-state index is 12.5. The molecule has 2 fully saturated rings. The molecule has 2 amide bonds. The van der Waals surface area contributed by atoms with Crippen molar-refractivity contribution >= 4 is 17.5 Å². The Labute approximate surface area is 190 Å². The molecule has 1 atom stereocenters. The van der Waals surface area contributed by atoms with Crippen LogP contribution in [0.5, 0.6) is 0 Å². The molecule has 1 saturated carbocycles. The molecule has 2 heterocycles. The van der Waals surface area contributed by atoms with Gasteiger partial charge in [0.2, 0.25) is 0 Å². The van der Waals surface area contributed by atoms with Gasteiger partial charge in [-0.25, -0.2) is 0 Å². The Kier molecular flexibility index (Phi) is 7.82. The molecular formula is C25H34N4O3. The monoisotopic (exact) mass is 438 g/mol. The van der Waals surface area contributed by atoms with Crippen LogP contribution in [0.1, 0.15) is 50.3 Å². The highest BCUT2D eigenvalue weighted by Gasteiger charge is 2.28. The summed E-state index contributed by atoms with van der Waals surface area (Å²) in [5, 5.41) is 5.78. The summed E-state index contributed by atoms with van der Waals surface area (Å²) in [6.45, 7) is 3.85. The highest BCUT2D eigenvalue weighted by molar-refractivity contribution is 6.35. The lowest BCUT2D eigenvalue weighted by atomic mass is 10.1. The molecule has 172 valence electrons. The maximum atomic E-state index is 12.5. The number of benzene rings is 1. The molecule has 1 saturated heterocycles. The molecule has 32 heavy (non-hydrogen) atoms. The van der Waals surface area contributed by atoms with Crippen LogP contribution in [0.2, 0.25) is 0 Å². The fraction of sp³-hybridized carbons (Fsp3) is 0.520. The molecule has 2 aromatic rings. The zero-order valence-electron chi connectivity index (χ0n) is 18.7. The van der Waals surface area contributed by atoms with Gasteiger partial charge in [-0.2, -0.15) is 0 Å². The van der Waals surface area contributed by atoms with Crippen LogP contribution >= 0.6 is 0 Å². The summed E-state index contributed by atoms with van der Waals surface area (Å²) in [5.74, 6) is -0.277. The Hall–Kier alpha value is -2.80. The van der Waals surface area contributed by atoms with E-state index in [9.17, 15) is 9.59 Å². The standard InChI is InChI=1S/C25H34N4O3/c30-24(25(31)27-20-9-4-1-2-5-10-20)26-19-22(23-13-8-18-32-23)29-16-14-28(15-17-29)21-11-6-3-7-12-21/h3,6-8,11-13,18,20,22H,1-2,4-5,9-10,14-17,19H2,(H,26,30)(H,27,31)/t22-/m1/s1. The number of piperazine rings is 1. The maximum Gasteiger partial charge on any atom is 0.309 e. The third-order valence-corrected chi connectivity index (χ3v) is 6.60. The molecule has 1 aromatic carbocycles. The summed E-state index contributed by atoms with van der Waals surface area (Å²) in [6.07, 6.45) is 8.22. The van der Waals surface area contributed by atoms with Gasteiger partial charge in [0.05, 0.1) is 12.3 Å². The van der Waals surface area contributed by atoms with E-state index < -0.39 is 11.8 Å². The fourth-order valence-electron chi connectivity index (χ4n) is 4.77. The largest absolute Gasteiger partial charge is 0.468 e. The highest BCUT2D eigenvalue weighted by atomic mass is 16.3. The Morgan fingerprint density at radius 2 is 1.62 bits per heavy atom. The molecule has 1 aliphatic heterocycles. The van der Waals surface area contributed by atoms with E-state index in [1.165, 1.54) is 18.5 Å². The molecule has 0 unspecified atom stereocenters. The van der Waals surface area contributed by atoms with Gasteiger partial charge in [-0.3, -0.25) is 14.5 Å². The summed E-state index contributed by atoms with van der Waals surface area (Å²) in [5.41, 5.74) is 1.23. The Morgan fingerprint density at radius 3 is 2.28 bits per heavy atom. The van der Waals surface area contributed by atoms with Crippen LogP contribution in [-0.2, 0) is 9.59 Å². The number of hydrogen-bond donors (Lipinski definition) is 2. The van der Waals surface area contributed by atoms with Gasteiger partial charge in [0, 0.05) is 44.5 Å². The van der Waals surface area contributed by atoms with E-state index in [1.807, 2.05) is 18.2 Å². The number of amides is 2. The molecule has 2 N–H and O–H groups in total. The molecular weight excluding hydrogens is 404 g/mol. The van der Waals surface area contributed by atoms with Crippen LogP contribution in [0.25, 0.3) is 0 Å². The van der Waals surface area contributed by atoms with Crippen molar-refractivity contribution < 1.29 is 14.0 Å². The second kappa shape index (κ2) is 11.2. The van der Waals surface area contributed by atoms with E-state index >= 15 is 0 Å². The van der Waals surface area contributed by atoms with E-state index in [-0.39, 0.29) is 12.1 Å². The van der Waals surface area contributed by atoms with Crippen molar-refractivity contribution in [2.75, 3.05) is 37.6 Å². The van der Waals surface area contributed by atoms with Gasteiger partial charge in [-0.1, -0.05) is 43.9 Å². The zero-order chi connectivity index (χ0) is 22.2. The molecule has 7 nitrogen and oxygen atoms in total. The molecule has 0 bridgehead atoms. The number of hydrogen-bond acceptors (Lipinski definition) is 5. The third kappa shape index (κ3) is 5.91. The quantitative estimate of drug-likeness (QED) is 0.535. The second-order valence-corrected chi connectivity index (χ2v) is 8.76. The first-order chi connectivity index (χ1) is 15.7. The van der Waals surface area contributed by atoms with Crippen molar-refractivity contribution in [1.82, 2.24) is 15.5 Å². The van der Waals surface area contributed by atoms with E-state index in [2.05, 4.69) is 44.7 Å². The molecule has 0 radical (unpaired) electrons. The lowest BCUT2D eigenvalue weighted by Gasteiger charge is -2.39. The number of rotatable bonds is 6. The van der Waals surface area contributed by atoms with Crippen LogP contribution in [0.4, 0.5) is 5.69 Å². The average Bonchev–Trinajstić information content (AvgIpc) is 3.24. The number of nitrogens with zero attached hydrogens (tertiary/aromatic N) is 2. The van der Waals surface area contributed by atoms with Crippen molar-refractivity contribution in [3.05, 3.63) is 54.5 Å². The van der Waals surface area contributed by atoms with Gasteiger partial charge in [0.15, 0.2) is 0 Å². The van der Waals surface area contributed by atoms with Crippen molar-refractivity contribution in [1.29, 1.82) is 0 Å². The van der Waals surface area contributed by atoms with Gasteiger partial charge >= 0.3 is 11.8 Å². The van der Waals surface area contributed by atoms with Gasteiger partial charge in [0.1, 0.15) is 5.76 Å². The summed E-state index contributed by atoms with van der Waals surface area (Å²) in [6, 6.07) is 14.2. The van der Waals surface area contributed by atoms with Crippen molar-refractivity contribution in [2.24, 2.45) is 0 Å². The van der Waals surface area contributed by atoms with Crippen LogP contribution in [0.15, 0.2) is 53.1 Å². The minimum absolute atomic E-state index is 0.0995. The number of anilines is 1. The third-order valence-electron chi connectivity index (χ3n) is 6.60. The summed E-state index contributed by atoms with van der Waals surface area (Å²) >= 11 is 0. The van der Waals surface area contributed by atoms with Crippen molar-refractivity contribution in [3.8, 4) is 0 Å². The first kappa shape index (κ1) is 22.4. The van der Waals surface area contributed by atoms with E-state index in [0.717, 1.165) is 57.6 Å². The van der Waals surface area contributed by atoms with E-state index in [0.29, 0.717) is 6.54 Å². The topological polar surface area (TPSA) is 77.8 Å². The van der Waals surface area contributed by atoms with Gasteiger partial charge in [-0.15, -0.1) is 0 Å². The van der Waals surface area contributed by atoms with Crippen LogP contribution < -0.4 is 15.5 Å². The highest BCUT2D eigenvalue weighted by Crippen LogP contribution is 2.24. The Bertz CT molecular complexity index is 839. The first-order valence-corrected chi connectivity index (χ1v) is 11.9. The predicted molar refractivity (Wildman–Crippen MR) is 124 cm³/mol. The fourth-order valence-corrected chi connectivity index (χ4v) is 4.77. The Balaban J connectivity index is 1.31. The smallest absolute Gasteiger partial charge is 0.309 e. The van der Waals surface area contributed by atoms with Gasteiger partial charge < -0.3 is 20.0 Å². The number of carbonyl (C=O) groups excluding carboxylic acids is 2. The number of nitrogens with one attached hydrogen (secondary N) is 2. The van der Waals surface area contributed by atoms with Crippen LogP contribution in [-0.4, -0.2) is 55.5 Å². The predicted octanol–water partition coefficient (Wildman–Crippen LogP) is 3.10. The molecule has 4 rings (SSSR count). The lowest BCUT2D eigenvalue weighted by Crippen LogP contribution is -2.51. The van der Waals surface area contributed by atoms with Crippen molar-refractivity contribution in [3.63, 3.8) is 0 Å². The molecule has 0 spiro atoms. The Morgan fingerprint density at radius 1 is 0.906 bits per heavy atom. The van der Waals surface area contributed by atoms with E-state index in [1.54, 1.807) is 6.26 Å². The first-order valence-electron chi connectivity index (χ1n) is 11.9. The lowest BCUT2D eigenvalue weighted by molar-refractivity contribution is -0.139. The second-order valence-electron chi connectivity index (χ2n) is 8.76. The minimum atomic E-state index is -0.561. The average molecular weight is 439 g/mol. The summed E-state index contributed by atoms with van der Waals surface area (Å²) < 4.78 is 5.68. The van der Waals surface area contributed by atoms with Gasteiger partial charge in [-0.05, 0) is 37.1 Å².